The minimum absolute atomic E-state index is 0.0211. The van der Waals surface area contributed by atoms with Crippen LogP contribution in [-0.2, 0) is 17.6 Å². The topological polar surface area (TPSA) is 42.0 Å². The third kappa shape index (κ3) is 4.08. The van der Waals surface area contributed by atoms with Gasteiger partial charge in [-0.15, -0.1) is 23.1 Å². The maximum atomic E-state index is 12.0. The lowest BCUT2D eigenvalue weighted by Crippen LogP contribution is -2.13. The van der Waals surface area contributed by atoms with E-state index >= 15 is 0 Å². The highest BCUT2D eigenvalue weighted by atomic mass is 32.2. The molecule has 1 heterocycles. The average molecular weight is 318 g/mol. The van der Waals surface area contributed by atoms with Gasteiger partial charge in [0, 0.05) is 9.77 Å². The Morgan fingerprint density at radius 1 is 1.19 bits per heavy atom. The minimum atomic E-state index is 0.0211. The van der Waals surface area contributed by atoms with Crippen LogP contribution in [0.3, 0.4) is 0 Å². The van der Waals surface area contributed by atoms with Crippen molar-refractivity contribution in [3.63, 3.8) is 0 Å². The molecular weight excluding hydrogens is 300 g/mol. The number of nitrogens with one attached hydrogen (secondary N) is 1. The van der Waals surface area contributed by atoms with Gasteiger partial charge in [0.1, 0.15) is 0 Å². The standard InChI is InChI=1S/C16H18N2OS2/c19-15(11-20-12-7-3-1-4-8-12)18-16-17-13-9-5-2-6-10-14(13)21-16/h1,3-4,7-8H,2,5-6,9-11H2,(H,17,18,19). The Bertz CT molecular complexity index is 586. The molecule has 1 aliphatic carbocycles. The van der Waals surface area contributed by atoms with Crippen LogP contribution in [0.2, 0.25) is 0 Å². The molecule has 0 spiro atoms. The molecule has 2 aromatic rings. The van der Waals surface area contributed by atoms with Crippen molar-refractivity contribution >= 4 is 34.1 Å². The molecule has 1 N–H and O–H groups in total. The van der Waals surface area contributed by atoms with Gasteiger partial charge in [0.2, 0.25) is 5.91 Å². The largest absolute Gasteiger partial charge is 0.301 e. The molecule has 0 atom stereocenters. The Morgan fingerprint density at radius 2 is 2.00 bits per heavy atom. The van der Waals surface area contributed by atoms with Crippen molar-refractivity contribution in [2.75, 3.05) is 11.1 Å². The summed E-state index contributed by atoms with van der Waals surface area (Å²) in [6.45, 7) is 0. The smallest absolute Gasteiger partial charge is 0.236 e. The molecule has 1 amide bonds. The lowest BCUT2D eigenvalue weighted by Gasteiger charge is -2.02. The summed E-state index contributed by atoms with van der Waals surface area (Å²) in [5, 5.41) is 3.70. The number of aromatic nitrogens is 1. The van der Waals surface area contributed by atoms with Crippen LogP contribution in [0.1, 0.15) is 29.8 Å². The van der Waals surface area contributed by atoms with E-state index in [1.165, 1.54) is 29.8 Å². The SMILES string of the molecule is O=C(CSc1ccccc1)Nc1nc2c(s1)CCCCC2. The van der Waals surface area contributed by atoms with Crippen LogP contribution >= 0.6 is 23.1 Å². The molecule has 0 bridgehead atoms. The highest BCUT2D eigenvalue weighted by molar-refractivity contribution is 8.00. The molecule has 0 radical (unpaired) electrons. The van der Waals surface area contributed by atoms with Crippen molar-refractivity contribution in [2.24, 2.45) is 0 Å². The summed E-state index contributed by atoms with van der Waals surface area (Å²) in [6, 6.07) is 9.98. The number of nitrogens with zero attached hydrogens (tertiary/aromatic N) is 1. The molecule has 21 heavy (non-hydrogen) atoms. The van der Waals surface area contributed by atoms with Crippen LogP contribution in [0.5, 0.6) is 0 Å². The predicted molar refractivity (Wildman–Crippen MR) is 89.2 cm³/mol. The number of thiazole rings is 1. The molecule has 1 aliphatic rings. The molecule has 1 aromatic carbocycles. The normalized spacial score (nSPS) is 14.3. The fourth-order valence-corrected chi connectivity index (χ4v) is 4.19. The summed E-state index contributed by atoms with van der Waals surface area (Å²) < 4.78 is 0. The Labute approximate surface area is 133 Å². The number of carbonyl (C=O) groups is 1. The third-order valence-electron chi connectivity index (χ3n) is 3.46. The zero-order valence-electron chi connectivity index (χ0n) is 11.8. The number of benzene rings is 1. The minimum Gasteiger partial charge on any atom is -0.301 e. The quantitative estimate of drug-likeness (QED) is 0.680. The van der Waals surface area contributed by atoms with Crippen molar-refractivity contribution < 1.29 is 4.79 Å². The molecule has 0 saturated heterocycles. The first-order valence-electron chi connectivity index (χ1n) is 7.27. The number of rotatable bonds is 4. The van der Waals surface area contributed by atoms with Crippen LogP contribution in [0.4, 0.5) is 5.13 Å². The lowest BCUT2D eigenvalue weighted by atomic mass is 10.2. The summed E-state index contributed by atoms with van der Waals surface area (Å²) in [5.74, 6) is 0.446. The Hall–Kier alpha value is -1.33. The first kappa shape index (κ1) is 14.6. The summed E-state index contributed by atoms with van der Waals surface area (Å²) >= 11 is 3.20. The highest BCUT2D eigenvalue weighted by Gasteiger charge is 2.15. The van der Waals surface area contributed by atoms with E-state index in [1.807, 2.05) is 30.3 Å². The summed E-state index contributed by atoms with van der Waals surface area (Å²) in [6.07, 6.45) is 5.92. The Kier molecular flexibility index (Phi) is 4.93. The number of thioether (sulfide) groups is 1. The predicted octanol–water partition coefficient (Wildman–Crippen LogP) is 4.14. The maximum absolute atomic E-state index is 12.0. The van der Waals surface area contributed by atoms with E-state index in [1.54, 1.807) is 23.1 Å². The second-order valence-electron chi connectivity index (χ2n) is 5.10. The highest BCUT2D eigenvalue weighted by Crippen LogP contribution is 2.29. The van der Waals surface area contributed by atoms with E-state index in [0.29, 0.717) is 5.75 Å². The zero-order chi connectivity index (χ0) is 14.5. The van der Waals surface area contributed by atoms with Crippen molar-refractivity contribution in [2.45, 2.75) is 37.0 Å². The summed E-state index contributed by atoms with van der Waals surface area (Å²) in [4.78, 5) is 19.1. The van der Waals surface area contributed by atoms with Gasteiger partial charge in [-0.25, -0.2) is 4.98 Å². The van der Waals surface area contributed by atoms with Gasteiger partial charge in [-0.1, -0.05) is 24.6 Å². The molecule has 3 nitrogen and oxygen atoms in total. The number of amides is 1. The van der Waals surface area contributed by atoms with Gasteiger partial charge >= 0.3 is 0 Å². The molecule has 0 saturated carbocycles. The van der Waals surface area contributed by atoms with Gasteiger partial charge in [0.15, 0.2) is 5.13 Å². The fourth-order valence-electron chi connectivity index (χ4n) is 2.40. The second-order valence-corrected chi connectivity index (χ2v) is 7.23. The van der Waals surface area contributed by atoms with E-state index in [2.05, 4.69) is 10.3 Å². The molecule has 3 rings (SSSR count). The van der Waals surface area contributed by atoms with E-state index in [-0.39, 0.29) is 5.91 Å². The number of carbonyl (C=O) groups excluding carboxylic acids is 1. The number of aryl methyl sites for hydroxylation is 2. The van der Waals surface area contributed by atoms with Crippen molar-refractivity contribution in [3.8, 4) is 0 Å². The van der Waals surface area contributed by atoms with Gasteiger partial charge in [0.05, 0.1) is 11.4 Å². The van der Waals surface area contributed by atoms with Crippen LogP contribution in [0, 0.1) is 0 Å². The third-order valence-corrected chi connectivity index (χ3v) is 5.54. The molecule has 5 heteroatoms. The average Bonchev–Trinajstić information content (AvgIpc) is 2.75. The van der Waals surface area contributed by atoms with E-state index in [9.17, 15) is 4.79 Å². The first-order valence-corrected chi connectivity index (χ1v) is 9.08. The van der Waals surface area contributed by atoms with Crippen LogP contribution in [-0.4, -0.2) is 16.6 Å². The van der Waals surface area contributed by atoms with Gasteiger partial charge in [-0.2, -0.15) is 0 Å². The molecule has 0 aliphatic heterocycles. The number of hydrogen-bond acceptors (Lipinski definition) is 4. The van der Waals surface area contributed by atoms with Crippen molar-refractivity contribution in [3.05, 3.63) is 40.9 Å². The van der Waals surface area contributed by atoms with Gasteiger partial charge in [-0.05, 0) is 37.8 Å². The lowest BCUT2D eigenvalue weighted by molar-refractivity contribution is -0.113. The van der Waals surface area contributed by atoms with E-state index < -0.39 is 0 Å². The van der Waals surface area contributed by atoms with Crippen molar-refractivity contribution in [1.82, 2.24) is 4.98 Å². The van der Waals surface area contributed by atoms with Crippen molar-refractivity contribution in [1.29, 1.82) is 0 Å². The Balaban J connectivity index is 1.55. The number of anilines is 1. The molecular formula is C16H18N2OS2. The molecule has 0 unspecified atom stereocenters. The summed E-state index contributed by atoms with van der Waals surface area (Å²) in [7, 11) is 0. The van der Waals surface area contributed by atoms with Gasteiger partial charge in [0.25, 0.3) is 0 Å². The molecule has 110 valence electrons. The van der Waals surface area contributed by atoms with Gasteiger partial charge < -0.3 is 5.32 Å². The molecule has 0 fully saturated rings. The summed E-state index contributed by atoms with van der Waals surface area (Å²) in [5.41, 5.74) is 1.20. The van der Waals surface area contributed by atoms with E-state index in [4.69, 9.17) is 0 Å². The van der Waals surface area contributed by atoms with Crippen LogP contribution in [0.25, 0.3) is 0 Å². The maximum Gasteiger partial charge on any atom is 0.236 e. The van der Waals surface area contributed by atoms with Crippen LogP contribution < -0.4 is 5.32 Å². The molecule has 1 aromatic heterocycles. The fraction of sp³-hybridized carbons (Fsp3) is 0.375. The van der Waals surface area contributed by atoms with Gasteiger partial charge in [-0.3, -0.25) is 4.79 Å². The van der Waals surface area contributed by atoms with Crippen LogP contribution in [0.15, 0.2) is 35.2 Å². The van der Waals surface area contributed by atoms with E-state index in [0.717, 1.165) is 22.9 Å². The number of hydrogen-bond donors (Lipinski definition) is 1. The number of fused-ring (bicyclic) bond motifs is 1. The monoisotopic (exact) mass is 318 g/mol. The Morgan fingerprint density at radius 3 is 2.86 bits per heavy atom. The first-order chi connectivity index (χ1) is 10.3. The zero-order valence-corrected chi connectivity index (χ0v) is 13.4. The second kappa shape index (κ2) is 7.09.